The summed E-state index contributed by atoms with van der Waals surface area (Å²) in [4.78, 5) is 22.7. The van der Waals surface area contributed by atoms with Gasteiger partial charge in [-0.2, -0.15) is 0 Å². The Morgan fingerprint density at radius 1 is 1.00 bits per heavy atom. The summed E-state index contributed by atoms with van der Waals surface area (Å²) >= 11 is 1.31. The Morgan fingerprint density at radius 3 is 2.28 bits per heavy atom. The molecule has 2 aromatic carbocycles. The lowest BCUT2D eigenvalue weighted by Crippen LogP contribution is -2.21. The van der Waals surface area contributed by atoms with Crippen LogP contribution in [-0.2, 0) is 4.57 Å². The van der Waals surface area contributed by atoms with Gasteiger partial charge in [0.15, 0.2) is 5.13 Å². The minimum Gasteiger partial charge on any atom is -0.326 e. The van der Waals surface area contributed by atoms with Crippen molar-refractivity contribution in [1.29, 1.82) is 0 Å². The molecule has 0 unspecified atom stereocenters. The molecule has 0 saturated heterocycles. The van der Waals surface area contributed by atoms with Crippen molar-refractivity contribution < 1.29 is 14.4 Å². The fourth-order valence-electron chi connectivity index (χ4n) is 2.04. The van der Waals surface area contributed by atoms with Crippen LogP contribution in [0.5, 0.6) is 0 Å². The second kappa shape index (κ2) is 7.58. The first-order chi connectivity index (χ1) is 12.0. The lowest BCUT2D eigenvalue weighted by molar-refractivity contribution is 0.375. The predicted octanol–water partition coefficient (Wildman–Crippen LogP) is 3.78. The van der Waals surface area contributed by atoms with Gasteiger partial charge in [0, 0.05) is 16.6 Å². The quantitative estimate of drug-likeness (QED) is 0.315. The van der Waals surface area contributed by atoms with Crippen LogP contribution in [-0.4, -0.2) is 20.7 Å². The van der Waals surface area contributed by atoms with Crippen LogP contribution in [0.2, 0.25) is 0 Å². The number of nitrogens with zero attached hydrogens (tertiary/aromatic N) is 2. The maximum atomic E-state index is 11.3. The van der Waals surface area contributed by atoms with E-state index in [2.05, 4.69) is 20.4 Å². The zero-order valence-electron chi connectivity index (χ0n) is 12.9. The third kappa shape index (κ3) is 5.23. The summed E-state index contributed by atoms with van der Waals surface area (Å²) < 4.78 is 14.7. The first-order valence-corrected chi connectivity index (χ1v) is 9.70. The summed E-state index contributed by atoms with van der Waals surface area (Å²) in [5.74, 6) is -0.0755. The molecule has 9 heteroatoms. The van der Waals surface area contributed by atoms with Crippen molar-refractivity contribution in [3.8, 4) is 11.3 Å². The van der Waals surface area contributed by atoms with Crippen LogP contribution < -0.4 is 10.6 Å². The maximum Gasteiger partial charge on any atom is 0.451 e. The fourth-order valence-corrected chi connectivity index (χ4v) is 3.12. The van der Waals surface area contributed by atoms with Crippen molar-refractivity contribution in [2.75, 3.05) is 10.6 Å². The predicted molar refractivity (Wildman–Crippen MR) is 101 cm³/mol. The maximum absolute atomic E-state index is 11.3. The standard InChI is InChI=1S/C16H15N4O3PS/c21-24(22,23)20-15(17-13-9-5-2-6-10-13)19-16-18-14(11-25-16)12-7-3-1-4-8-12/h1-11H,(H4,17,18,19,20,21,22,23). The van der Waals surface area contributed by atoms with Gasteiger partial charge >= 0.3 is 7.75 Å². The van der Waals surface area contributed by atoms with Gasteiger partial charge in [-0.05, 0) is 12.1 Å². The molecular weight excluding hydrogens is 359 g/mol. The Bertz CT molecular complexity index is 909. The second-order valence-electron chi connectivity index (χ2n) is 4.98. The summed E-state index contributed by atoms with van der Waals surface area (Å²) in [6.45, 7) is 0. The zero-order valence-corrected chi connectivity index (χ0v) is 14.6. The van der Waals surface area contributed by atoms with Gasteiger partial charge in [-0.25, -0.2) is 9.55 Å². The van der Waals surface area contributed by atoms with Gasteiger partial charge in [-0.3, -0.25) is 0 Å². The Balaban J connectivity index is 1.82. The molecule has 0 bridgehead atoms. The van der Waals surface area contributed by atoms with Crippen LogP contribution in [0.3, 0.4) is 0 Å². The summed E-state index contributed by atoms with van der Waals surface area (Å²) in [6.07, 6.45) is 0. The van der Waals surface area contributed by atoms with Crippen LogP contribution in [0.4, 0.5) is 10.8 Å². The molecule has 0 aliphatic rings. The van der Waals surface area contributed by atoms with Gasteiger partial charge in [0.25, 0.3) is 0 Å². The van der Waals surface area contributed by atoms with Crippen LogP contribution in [0.1, 0.15) is 0 Å². The first kappa shape index (κ1) is 17.3. The van der Waals surface area contributed by atoms with Gasteiger partial charge in [0.2, 0.25) is 5.96 Å². The number of thiazole rings is 1. The number of hydrogen-bond donors (Lipinski definition) is 4. The van der Waals surface area contributed by atoms with E-state index in [-0.39, 0.29) is 5.96 Å². The van der Waals surface area contributed by atoms with Gasteiger partial charge in [-0.15, -0.1) is 16.1 Å². The molecule has 3 rings (SSSR count). The van der Waals surface area contributed by atoms with Gasteiger partial charge in [0.05, 0.1) is 5.69 Å². The third-order valence-corrected chi connectivity index (χ3v) is 4.28. The lowest BCUT2D eigenvalue weighted by Gasteiger charge is -2.10. The topological polar surface area (TPSA) is 107 Å². The first-order valence-electron chi connectivity index (χ1n) is 7.25. The number of rotatable bonds is 4. The van der Waals surface area contributed by atoms with E-state index in [1.165, 1.54) is 11.3 Å². The molecule has 0 saturated carbocycles. The van der Waals surface area contributed by atoms with E-state index in [0.29, 0.717) is 10.8 Å². The lowest BCUT2D eigenvalue weighted by atomic mass is 10.2. The molecule has 7 nitrogen and oxygen atoms in total. The smallest absolute Gasteiger partial charge is 0.326 e. The number of nitrogens with one attached hydrogen (secondary N) is 2. The molecule has 4 N–H and O–H groups in total. The number of para-hydroxylation sites is 1. The normalized spacial score (nSPS) is 12.0. The summed E-state index contributed by atoms with van der Waals surface area (Å²) in [5, 5.41) is 8.00. The van der Waals surface area contributed by atoms with Crippen LogP contribution in [0.25, 0.3) is 11.3 Å². The second-order valence-corrected chi connectivity index (χ2v) is 7.07. The summed E-state index contributed by atoms with van der Waals surface area (Å²) in [5.41, 5.74) is 2.36. The average molecular weight is 374 g/mol. The van der Waals surface area contributed by atoms with Crippen LogP contribution in [0, 0.1) is 0 Å². The van der Waals surface area contributed by atoms with Crippen LogP contribution in [0.15, 0.2) is 70.8 Å². The number of anilines is 2. The Kier molecular flexibility index (Phi) is 5.25. The molecule has 128 valence electrons. The molecular formula is C16H15N4O3PS. The van der Waals surface area contributed by atoms with Gasteiger partial charge in [-0.1, -0.05) is 48.5 Å². The number of aromatic nitrogens is 1. The SMILES string of the molecule is O=P(O)(O)/N=C(\Nc1ccccc1)Nc1nc(-c2ccccc2)cs1. The molecule has 3 aromatic rings. The molecule has 0 radical (unpaired) electrons. The van der Waals surface area contributed by atoms with Crippen molar-refractivity contribution in [3.05, 3.63) is 66.0 Å². The zero-order chi connectivity index (χ0) is 17.7. The van der Waals surface area contributed by atoms with E-state index >= 15 is 0 Å². The Morgan fingerprint density at radius 2 is 1.64 bits per heavy atom. The van der Waals surface area contributed by atoms with Crippen molar-refractivity contribution in [2.24, 2.45) is 4.76 Å². The molecule has 0 spiro atoms. The number of guanidine groups is 1. The van der Waals surface area contributed by atoms with Gasteiger partial charge < -0.3 is 20.4 Å². The highest BCUT2D eigenvalue weighted by Gasteiger charge is 2.15. The van der Waals surface area contributed by atoms with E-state index < -0.39 is 7.75 Å². The monoisotopic (exact) mass is 374 g/mol. The minimum absolute atomic E-state index is 0.0755. The van der Waals surface area contributed by atoms with Crippen molar-refractivity contribution >= 4 is 35.9 Å². The van der Waals surface area contributed by atoms with Gasteiger partial charge in [0.1, 0.15) is 0 Å². The van der Waals surface area contributed by atoms with Crippen molar-refractivity contribution in [3.63, 3.8) is 0 Å². The summed E-state index contributed by atoms with van der Waals surface area (Å²) in [6, 6.07) is 18.6. The highest BCUT2D eigenvalue weighted by Crippen LogP contribution is 2.36. The largest absolute Gasteiger partial charge is 0.451 e. The van der Waals surface area contributed by atoms with E-state index in [1.54, 1.807) is 24.3 Å². The molecule has 0 aliphatic heterocycles. The van der Waals surface area contributed by atoms with E-state index in [0.717, 1.165) is 11.3 Å². The molecule has 25 heavy (non-hydrogen) atoms. The summed E-state index contributed by atoms with van der Waals surface area (Å²) in [7, 11) is -4.61. The third-order valence-electron chi connectivity index (χ3n) is 3.07. The van der Waals surface area contributed by atoms with Crippen molar-refractivity contribution in [2.45, 2.75) is 0 Å². The molecule has 1 heterocycles. The molecule has 0 aliphatic carbocycles. The highest BCUT2D eigenvalue weighted by molar-refractivity contribution is 7.50. The van der Waals surface area contributed by atoms with Crippen LogP contribution >= 0.6 is 19.1 Å². The molecule has 0 fully saturated rings. The van der Waals surface area contributed by atoms with Crippen molar-refractivity contribution in [1.82, 2.24) is 4.98 Å². The number of hydrogen-bond acceptors (Lipinski definition) is 3. The molecule has 1 aromatic heterocycles. The molecule has 0 amide bonds. The Labute approximate surface area is 148 Å². The van der Waals surface area contributed by atoms with E-state index in [1.807, 2.05) is 41.8 Å². The van der Waals surface area contributed by atoms with E-state index in [4.69, 9.17) is 9.79 Å². The average Bonchev–Trinajstić information content (AvgIpc) is 3.03. The fraction of sp³-hybridized carbons (Fsp3) is 0. The van der Waals surface area contributed by atoms with E-state index in [9.17, 15) is 4.57 Å². The number of benzene rings is 2. The molecule has 0 atom stereocenters. The Hall–Kier alpha value is -2.51. The minimum atomic E-state index is -4.61. The highest BCUT2D eigenvalue weighted by atomic mass is 32.1.